The van der Waals surface area contributed by atoms with Crippen molar-refractivity contribution in [3.8, 4) is 0 Å². The Morgan fingerprint density at radius 1 is 1.39 bits per heavy atom. The first-order chi connectivity index (χ1) is 8.28. The van der Waals surface area contributed by atoms with Gasteiger partial charge in [0.05, 0.1) is 4.34 Å². The minimum atomic E-state index is 0. The molecule has 0 amide bonds. The summed E-state index contributed by atoms with van der Waals surface area (Å²) in [6.45, 7) is 8.03. The average Bonchev–Trinajstić information content (AvgIpc) is 2.75. The van der Waals surface area contributed by atoms with Crippen LogP contribution in [0, 0.1) is 5.92 Å². The van der Waals surface area contributed by atoms with E-state index in [-0.39, 0.29) is 12.4 Å². The zero-order chi connectivity index (χ0) is 12.1. The molecule has 0 atom stereocenters. The fourth-order valence-corrected chi connectivity index (χ4v) is 3.52. The van der Waals surface area contributed by atoms with Gasteiger partial charge in [-0.15, -0.1) is 23.7 Å². The fraction of sp³-hybridized carbons (Fsp3) is 0.692. The summed E-state index contributed by atoms with van der Waals surface area (Å²) in [4.78, 5) is 3.92. The molecule has 0 saturated carbocycles. The number of hydrogen-bond acceptors (Lipinski definition) is 3. The SMILES string of the molecule is CCN(Cc1ccc(Cl)s1)CC1CCNCC1.Cl. The highest BCUT2D eigenvalue weighted by Gasteiger charge is 2.16. The second kappa shape index (κ2) is 8.39. The van der Waals surface area contributed by atoms with Crippen LogP contribution < -0.4 is 5.32 Å². The molecule has 0 radical (unpaired) electrons. The first-order valence-electron chi connectivity index (χ1n) is 6.45. The molecule has 2 heterocycles. The molecule has 1 N–H and O–H groups in total. The van der Waals surface area contributed by atoms with E-state index >= 15 is 0 Å². The van der Waals surface area contributed by atoms with E-state index < -0.39 is 0 Å². The number of nitrogens with one attached hydrogen (secondary N) is 1. The van der Waals surface area contributed by atoms with Gasteiger partial charge >= 0.3 is 0 Å². The van der Waals surface area contributed by atoms with E-state index in [4.69, 9.17) is 11.6 Å². The van der Waals surface area contributed by atoms with Gasteiger partial charge < -0.3 is 5.32 Å². The van der Waals surface area contributed by atoms with Crippen LogP contribution in [0.2, 0.25) is 4.34 Å². The maximum Gasteiger partial charge on any atom is 0.0931 e. The van der Waals surface area contributed by atoms with Gasteiger partial charge in [0.25, 0.3) is 0 Å². The number of piperidine rings is 1. The van der Waals surface area contributed by atoms with E-state index in [1.165, 1.54) is 37.4 Å². The van der Waals surface area contributed by atoms with Crippen LogP contribution in [0.5, 0.6) is 0 Å². The molecule has 1 aliphatic heterocycles. The molecule has 5 heteroatoms. The van der Waals surface area contributed by atoms with E-state index in [9.17, 15) is 0 Å². The number of hydrogen-bond donors (Lipinski definition) is 1. The third kappa shape index (κ3) is 5.06. The summed E-state index contributed by atoms with van der Waals surface area (Å²) in [5, 5.41) is 3.43. The minimum absolute atomic E-state index is 0. The van der Waals surface area contributed by atoms with Crippen molar-refractivity contribution in [1.82, 2.24) is 10.2 Å². The minimum Gasteiger partial charge on any atom is -0.317 e. The van der Waals surface area contributed by atoms with Gasteiger partial charge in [0.15, 0.2) is 0 Å². The predicted molar refractivity (Wildman–Crippen MR) is 83.1 cm³/mol. The van der Waals surface area contributed by atoms with Crippen molar-refractivity contribution in [1.29, 1.82) is 0 Å². The lowest BCUT2D eigenvalue weighted by atomic mass is 9.97. The van der Waals surface area contributed by atoms with E-state index in [2.05, 4.69) is 23.2 Å². The van der Waals surface area contributed by atoms with Gasteiger partial charge in [-0.1, -0.05) is 18.5 Å². The van der Waals surface area contributed by atoms with Gasteiger partial charge in [-0.05, 0) is 50.5 Å². The lowest BCUT2D eigenvalue weighted by molar-refractivity contribution is 0.208. The molecule has 2 nitrogen and oxygen atoms in total. The molecule has 1 aliphatic rings. The van der Waals surface area contributed by atoms with Gasteiger partial charge in [-0.2, -0.15) is 0 Å². The van der Waals surface area contributed by atoms with E-state index in [1.807, 2.05) is 6.07 Å². The zero-order valence-corrected chi connectivity index (χ0v) is 13.2. The van der Waals surface area contributed by atoms with Crippen LogP contribution in [0.3, 0.4) is 0 Å². The summed E-state index contributed by atoms with van der Waals surface area (Å²) in [6.07, 6.45) is 2.64. The van der Waals surface area contributed by atoms with Crippen LogP contribution in [0.15, 0.2) is 12.1 Å². The fourth-order valence-electron chi connectivity index (χ4n) is 2.39. The molecular formula is C13H22Cl2N2S. The molecule has 1 saturated heterocycles. The molecule has 18 heavy (non-hydrogen) atoms. The lowest BCUT2D eigenvalue weighted by Crippen LogP contribution is -2.35. The highest BCUT2D eigenvalue weighted by Crippen LogP contribution is 2.23. The first-order valence-corrected chi connectivity index (χ1v) is 7.64. The second-order valence-corrected chi connectivity index (χ2v) is 6.53. The van der Waals surface area contributed by atoms with Gasteiger partial charge in [-0.25, -0.2) is 0 Å². The molecule has 0 aromatic carbocycles. The third-order valence-electron chi connectivity index (χ3n) is 3.43. The summed E-state index contributed by atoms with van der Waals surface area (Å²) in [5.41, 5.74) is 0. The monoisotopic (exact) mass is 308 g/mol. The Hall–Kier alpha value is 0.200. The Labute approximate surface area is 125 Å². The largest absolute Gasteiger partial charge is 0.317 e. The molecule has 0 bridgehead atoms. The Bertz CT molecular complexity index is 337. The molecule has 0 aliphatic carbocycles. The molecule has 1 aromatic rings. The molecule has 0 unspecified atom stereocenters. The summed E-state index contributed by atoms with van der Waals surface area (Å²) in [6, 6.07) is 4.15. The summed E-state index contributed by atoms with van der Waals surface area (Å²) in [7, 11) is 0. The van der Waals surface area contributed by atoms with Crippen molar-refractivity contribution >= 4 is 35.3 Å². The summed E-state index contributed by atoms with van der Waals surface area (Å²) >= 11 is 7.68. The molecule has 1 aromatic heterocycles. The van der Waals surface area contributed by atoms with Gasteiger partial charge in [0.1, 0.15) is 0 Å². The summed E-state index contributed by atoms with van der Waals surface area (Å²) in [5.74, 6) is 0.867. The van der Waals surface area contributed by atoms with Crippen LogP contribution in [-0.4, -0.2) is 31.1 Å². The average molecular weight is 309 g/mol. The number of nitrogens with zero attached hydrogens (tertiary/aromatic N) is 1. The molecule has 104 valence electrons. The van der Waals surface area contributed by atoms with Crippen molar-refractivity contribution < 1.29 is 0 Å². The van der Waals surface area contributed by atoms with Crippen molar-refractivity contribution in [2.24, 2.45) is 5.92 Å². The normalized spacial score (nSPS) is 16.8. The van der Waals surface area contributed by atoms with E-state index in [0.717, 1.165) is 23.3 Å². The van der Waals surface area contributed by atoms with Crippen LogP contribution >= 0.6 is 35.3 Å². The zero-order valence-electron chi connectivity index (χ0n) is 10.8. The standard InChI is InChI=1S/C13H21ClN2S.ClH/c1-2-16(9-11-5-7-15-8-6-11)10-12-3-4-13(14)17-12;/h3-4,11,15H,2,5-10H2,1H3;1H. The predicted octanol–water partition coefficient (Wildman–Crippen LogP) is 3.64. The van der Waals surface area contributed by atoms with Gasteiger partial charge in [0.2, 0.25) is 0 Å². The van der Waals surface area contributed by atoms with Crippen molar-refractivity contribution in [3.63, 3.8) is 0 Å². The van der Waals surface area contributed by atoms with Crippen LogP contribution in [0.25, 0.3) is 0 Å². The van der Waals surface area contributed by atoms with Crippen molar-refractivity contribution in [2.45, 2.75) is 26.3 Å². The molecular weight excluding hydrogens is 287 g/mol. The van der Waals surface area contributed by atoms with Crippen molar-refractivity contribution in [2.75, 3.05) is 26.2 Å². The highest BCUT2D eigenvalue weighted by molar-refractivity contribution is 7.16. The number of rotatable bonds is 5. The van der Waals surface area contributed by atoms with Gasteiger partial charge in [0, 0.05) is 18.0 Å². The van der Waals surface area contributed by atoms with Crippen LogP contribution in [-0.2, 0) is 6.54 Å². The maximum atomic E-state index is 5.97. The Balaban J connectivity index is 0.00000162. The highest BCUT2D eigenvalue weighted by atomic mass is 35.5. The number of thiophene rings is 1. The van der Waals surface area contributed by atoms with Crippen LogP contribution in [0.4, 0.5) is 0 Å². The molecule has 1 fully saturated rings. The third-order valence-corrected chi connectivity index (χ3v) is 4.65. The smallest absolute Gasteiger partial charge is 0.0931 e. The molecule has 0 spiro atoms. The second-order valence-electron chi connectivity index (χ2n) is 4.73. The molecule has 2 rings (SSSR count). The van der Waals surface area contributed by atoms with E-state index in [0.29, 0.717) is 0 Å². The lowest BCUT2D eigenvalue weighted by Gasteiger charge is -2.29. The Morgan fingerprint density at radius 3 is 2.67 bits per heavy atom. The Kier molecular flexibility index (Phi) is 7.57. The first kappa shape index (κ1) is 16.3. The van der Waals surface area contributed by atoms with Gasteiger partial charge in [-0.3, -0.25) is 4.90 Å². The van der Waals surface area contributed by atoms with E-state index in [1.54, 1.807) is 11.3 Å². The topological polar surface area (TPSA) is 15.3 Å². The van der Waals surface area contributed by atoms with Crippen LogP contribution in [0.1, 0.15) is 24.6 Å². The Morgan fingerprint density at radius 2 is 2.11 bits per heavy atom. The summed E-state index contributed by atoms with van der Waals surface area (Å²) < 4.78 is 0.901. The maximum absolute atomic E-state index is 5.97. The quantitative estimate of drug-likeness (QED) is 0.893. The number of halogens is 2. The van der Waals surface area contributed by atoms with Crippen molar-refractivity contribution in [3.05, 3.63) is 21.3 Å².